The summed E-state index contributed by atoms with van der Waals surface area (Å²) < 4.78 is 15.4. The molecule has 1 saturated heterocycles. The van der Waals surface area contributed by atoms with Gasteiger partial charge in [-0.1, -0.05) is 34.1 Å². The van der Waals surface area contributed by atoms with Crippen molar-refractivity contribution in [3.8, 4) is 0 Å². The molecule has 0 aromatic rings. The van der Waals surface area contributed by atoms with Gasteiger partial charge in [-0.15, -0.1) is 0 Å². The largest absolute Gasteiger partial charge is 0.511 e. The van der Waals surface area contributed by atoms with Gasteiger partial charge in [-0.2, -0.15) is 0 Å². The quantitative estimate of drug-likeness (QED) is 0.218. The van der Waals surface area contributed by atoms with E-state index in [2.05, 4.69) is 26.1 Å². The lowest BCUT2D eigenvalue weighted by Gasteiger charge is -2.44. The van der Waals surface area contributed by atoms with Gasteiger partial charge < -0.3 is 24.6 Å². The Balaban J connectivity index is 1.74. The Kier molecular flexibility index (Phi) is 12.3. The van der Waals surface area contributed by atoms with Crippen LogP contribution in [0.25, 0.3) is 0 Å². The zero-order valence-electron chi connectivity index (χ0n) is 23.3. The van der Waals surface area contributed by atoms with Crippen LogP contribution >= 0.6 is 0 Å². The van der Waals surface area contributed by atoms with Crippen LogP contribution < -0.4 is 5.32 Å². The highest BCUT2D eigenvalue weighted by atomic mass is 16.8. The fourth-order valence-electron chi connectivity index (χ4n) is 6.07. The Morgan fingerprint density at radius 1 is 1.05 bits per heavy atom. The maximum atomic E-state index is 12.2. The second-order valence-electron chi connectivity index (χ2n) is 11.6. The first-order valence-corrected chi connectivity index (χ1v) is 13.9. The molecule has 37 heavy (non-hydrogen) atoms. The number of carboxylic acids is 1. The van der Waals surface area contributed by atoms with Crippen molar-refractivity contribution in [1.82, 2.24) is 5.32 Å². The Labute approximate surface area is 221 Å². The van der Waals surface area contributed by atoms with E-state index in [9.17, 15) is 19.2 Å². The minimum absolute atomic E-state index is 0.0616. The van der Waals surface area contributed by atoms with Gasteiger partial charge in [0.25, 0.3) is 0 Å². The summed E-state index contributed by atoms with van der Waals surface area (Å²) in [4.78, 5) is 46.8. The van der Waals surface area contributed by atoms with Gasteiger partial charge in [0, 0.05) is 30.8 Å². The number of hydrogen-bond donors (Lipinski definition) is 2. The van der Waals surface area contributed by atoms with Gasteiger partial charge in [-0.3, -0.25) is 14.4 Å². The number of fused-ring (bicyclic) bond motifs is 1. The fourth-order valence-corrected chi connectivity index (χ4v) is 6.07. The van der Waals surface area contributed by atoms with Crippen LogP contribution in [0.5, 0.6) is 0 Å². The molecule has 0 bridgehead atoms. The van der Waals surface area contributed by atoms with E-state index in [4.69, 9.17) is 19.3 Å². The van der Waals surface area contributed by atoms with Gasteiger partial charge in [0.2, 0.25) is 6.79 Å². The first kappa shape index (κ1) is 31.1. The Morgan fingerprint density at radius 2 is 1.78 bits per heavy atom. The van der Waals surface area contributed by atoms with E-state index in [-0.39, 0.29) is 36.2 Å². The highest BCUT2D eigenvalue weighted by Gasteiger charge is 2.50. The summed E-state index contributed by atoms with van der Waals surface area (Å²) in [6, 6.07) is 0.792. The highest BCUT2D eigenvalue weighted by Crippen LogP contribution is 2.49. The number of carbonyl (C=O) groups is 4. The summed E-state index contributed by atoms with van der Waals surface area (Å²) in [5, 5.41) is 12.6. The van der Waals surface area contributed by atoms with E-state index < -0.39 is 24.9 Å². The number of rotatable bonds is 15. The summed E-state index contributed by atoms with van der Waals surface area (Å²) in [6.07, 6.45) is 7.10. The van der Waals surface area contributed by atoms with E-state index in [0.717, 1.165) is 57.8 Å². The standard InChI is InChI=1S/C28H47NO8/c1-6-18(2)14-22(37-27(34)36-17-35-26(33)16-19(3)15-25(31)32)9-7-8-21-12-13-28(5)23(20(4)30)10-11-24(28)29-21/h18-19,21-24,29H,6-17H2,1-5H3,(H,31,32)/t18-,19?,21-,22+,23?,24+,28+/m0/s1. The van der Waals surface area contributed by atoms with Crippen molar-refractivity contribution >= 4 is 23.9 Å². The molecule has 0 aromatic carbocycles. The minimum atomic E-state index is -0.981. The summed E-state index contributed by atoms with van der Waals surface area (Å²) in [5.41, 5.74) is 0.0616. The molecule has 1 heterocycles. The van der Waals surface area contributed by atoms with Gasteiger partial charge in [0.15, 0.2) is 0 Å². The fraction of sp³-hybridized carbons (Fsp3) is 0.857. The molecular formula is C28H47NO8. The van der Waals surface area contributed by atoms with E-state index in [0.29, 0.717) is 23.8 Å². The predicted octanol–water partition coefficient (Wildman–Crippen LogP) is 5.24. The number of ether oxygens (including phenoxy) is 3. The van der Waals surface area contributed by atoms with Crippen LogP contribution in [-0.4, -0.2) is 54.0 Å². The van der Waals surface area contributed by atoms with Gasteiger partial charge in [-0.05, 0) is 75.5 Å². The maximum Gasteiger partial charge on any atom is 0.511 e. The number of esters is 1. The topological polar surface area (TPSA) is 128 Å². The zero-order valence-corrected chi connectivity index (χ0v) is 23.3. The van der Waals surface area contributed by atoms with Crippen LogP contribution in [0.15, 0.2) is 0 Å². The first-order valence-electron chi connectivity index (χ1n) is 13.9. The van der Waals surface area contributed by atoms with Crippen molar-refractivity contribution < 1.29 is 38.5 Å². The number of piperidine rings is 1. The number of ketones is 1. The van der Waals surface area contributed by atoms with Crippen molar-refractivity contribution in [2.24, 2.45) is 23.2 Å². The molecule has 0 amide bonds. The Bertz CT molecular complexity index is 786. The maximum absolute atomic E-state index is 12.2. The lowest BCUT2D eigenvalue weighted by atomic mass is 9.69. The predicted molar refractivity (Wildman–Crippen MR) is 138 cm³/mol. The lowest BCUT2D eigenvalue weighted by Crippen LogP contribution is -2.52. The van der Waals surface area contributed by atoms with E-state index in [1.165, 1.54) is 0 Å². The summed E-state index contributed by atoms with van der Waals surface area (Å²) in [7, 11) is 0. The zero-order chi connectivity index (χ0) is 27.6. The molecule has 2 N–H and O–H groups in total. The molecule has 7 atom stereocenters. The number of hydrogen-bond acceptors (Lipinski definition) is 8. The molecule has 0 aromatic heterocycles. The first-order chi connectivity index (χ1) is 17.4. The minimum Gasteiger partial charge on any atom is -0.481 e. The number of carbonyl (C=O) groups excluding carboxylic acids is 3. The second kappa shape index (κ2) is 14.7. The normalized spacial score (nSPS) is 27.4. The van der Waals surface area contributed by atoms with Crippen molar-refractivity contribution in [3.63, 3.8) is 0 Å². The molecule has 0 spiro atoms. The van der Waals surface area contributed by atoms with E-state index >= 15 is 0 Å². The van der Waals surface area contributed by atoms with E-state index in [1.54, 1.807) is 13.8 Å². The molecule has 2 rings (SSSR count). The van der Waals surface area contributed by atoms with Crippen LogP contribution in [0, 0.1) is 23.2 Å². The van der Waals surface area contributed by atoms with Crippen LogP contribution in [0.2, 0.25) is 0 Å². The van der Waals surface area contributed by atoms with Crippen LogP contribution in [-0.2, 0) is 28.6 Å². The van der Waals surface area contributed by atoms with Crippen molar-refractivity contribution in [2.75, 3.05) is 6.79 Å². The molecule has 2 aliphatic rings. The molecule has 1 saturated carbocycles. The summed E-state index contributed by atoms with van der Waals surface area (Å²) >= 11 is 0. The Morgan fingerprint density at radius 3 is 2.43 bits per heavy atom. The second-order valence-corrected chi connectivity index (χ2v) is 11.6. The van der Waals surface area contributed by atoms with E-state index in [1.807, 2.05) is 0 Å². The van der Waals surface area contributed by atoms with Gasteiger partial charge >= 0.3 is 18.1 Å². The highest BCUT2D eigenvalue weighted by molar-refractivity contribution is 5.79. The molecule has 1 aliphatic carbocycles. The number of aliphatic carboxylic acids is 1. The molecule has 9 nitrogen and oxygen atoms in total. The van der Waals surface area contributed by atoms with Gasteiger partial charge in [-0.25, -0.2) is 4.79 Å². The van der Waals surface area contributed by atoms with Crippen molar-refractivity contribution in [1.29, 1.82) is 0 Å². The molecule has 2 unspecified atom stereocenters. The average Bonchev–Trinajstić information content (AvgIpc) is 3.14. The summed E-state index contributed by atoms with van der Waals surface area (Å²) in [5.74, 6) is -1.10. The van der Waals surface area contributed by atoms with Gasteiger partial charge in [0.05, 0.1) is 0 Å². The van der Waals surface area contributed by atoms with Crippen LogP contribution in [0.1, 0.15) is 105 Å². The van der Waals surface area contributed by atoms with Crippen LogP contribution in [0.4, 0.5) is 4.79 Å². The molecule has 0 radical (unpaired) electrons. The number of nitrogens with one attached hydrogen (secondary N) is 1. The molecule has 2 fully saturated rings. The lowest BCUT2D eigenvalue weighted by molar-refractivity contribution is -0.155. The number of carboxylic acid groups (broad SMARTS) is 1. The third-order valence-electron chi connectivity index (χ3n) is 8.43. The average molecular weight is 526 g/mol. The SMILES string of the molecule is CC[C@H](C)C[C@@H](CCC[C@H]1CC[C@]2(C)C(C(C)=O)CC[C@H]2N1)OC(=O)OCOC(=O)CC(C)CC(=O)O. The van der Waals surface area contributed by atoms with Crippen molar-refractivity contribution in [3.05, 3.63) is 0 Å². The Hall–Kier alpha value is -2.16. The third-order valence-corrected chi connectivity index (χ3v) is 8.43. The molecule has 212 valence electrons. The molecular weight excluding hydrogens is 478 g/mol. The smallest absolute Gasteiger partial charge is 0.481 e. The summed E-state index contributed by atoms with van der Waals surface area (Å²) in [6.45, 7) is 9.29. The monoisotopic (exact) mass is 525 g/mol. The molecule has 9 heteroatoms. The third kappa shape index (κ3) is 9.91. The van der Waals surface area contributed by atoms with Gasteiger partial charge in [0.1, 0.15) is 11.9 Å². The molecule has 1 aliphatic heterocycles. The van der Waals surface area contributed by atoms with Crippen LogP contribution in [0.3, 0.4) is 0 Å². The van der Waals surface area contributed by atoms with Crippen molar-refractivity contribution in [2.45, 2.75) is 123 Å². The number of Topliss-reactive ketones (excluding diaryl/α,β-unsaturated/α-hetero) is 1.